The lowest BCUT2D eigenvalue weighted by Crippen LogP contribution is -2.06. The van der Waals surface area contributed by atoms with Crippen LogP contribution in [0.5, 0.6) is 0 Å². The van der Waals surface area contributed by atoms with Crippen molar-refractivity contribution < 1.29 is 0 Å². The first kappa shape index (κ1) is 11.1. The Labute approximate surface area is 106 Å². The SMILES string of the molecule is C=Cc1cc(-n2nc(C)nc2C)nc(C2CC2)n1. The van der Waals surface area contributed by atoms with Crippen molar-refractivity contribution in [1.29, 1.82) is 0 Å². The van der Waals surface area contributed by atoms with E-state index in [4.69, 9.17) is 0 Å². The predicted molar refractivity (Wildman–Crippen MR) is 68.5 cm³/mol. The molecule has 1 aliphatic rings. The molecular weight excluding hydrogens is 226 g/mol. The van der Waals surface area contributed by atoms with Gasteiger partial charge < -0.3 is 0 Å². The molecule has 0 unspecified atom stereocenters. The van der Waals surface area contributed by atoms with Gasteiger partial charge in [-0.25, -0.2) is 15.0 Å². The molecule has 0 atom stereocenters. The molecule has 0 bridgehead atoms. The normalized spacial score (nSPS) is 14.8. The first-order valence-corrected chi connectivity index (χ1v) is 6.09. The molecule has 92 valence electrons. The number of hydrogen-bond acceptors (Lipinski definition) is 4. The van der Waals surface area contributed by atoms with Crippen LogP contribution in [-0.4, -0.2) is 24.7 Å². The van der Waals surface area contributed by atoms with Crippen molar-refractivity contribution >= 4 is 6.08 Å². The molecule has 1 saturated carbocycles. The quantitative estimate of drug-likeness (QED) is 0.826. The summed E-state index contributed by atoms with van der Waals surface area (Å²) in [6.45, 7) is 7.58. The predicted octanol–water partition coefficient (Wildman–Crippen LogP) is 2.19. The lowest BCUT2D eigenvalue weighted by molar-refractivity contribution is 0.777. The fourth-order valence-electron chi connectivity index (χ4n) is 1.95. The van der Waals surface area contributed by atoms with E-state index in [0.717, 1.165) is 29.0 Å². The maximum absolute atomic E-state index is 4.59. The van der Waals surface area contributed by atoms with Gasteiger partial charge in [0.05, 0.1) is 5.69 Å². The van der Waals surface area contributed by atoms with Gasteiger partial charge in [0.2, 0.25) is 0 Å². The summed E-state index contributed by atoms with van der Waals surface area (Å²) in [5.41, 5.74) is 0.842. The van der Waals surface area contributed by atoms with E-state index in [1.54, 1.807) is 10.8 Å². The molecule has 0 aromatic carbocycles. The molecular formula is C13H15N5. The molecule has 0 amide bonds. The summed E-state index contributed by atoms with van der Waals surface area (Å²) in [6, 6.07) is 1.89. The van der Waals surface area contributed by atoms with Gasteiger partial charge in [-0.15, -0.1) is 5.10 Å². The summed E-state index contributed by atoms with van der Waals surface area (Å²) >= 11 is 0. The van der Waals surface area contributed by atoms with Gasteiger partial charge in [-0.05, 0) is 32.8 Å². The fraction of sp³-hybridized carbons (Fsp3) is 0.385. The van der Waals surface area contributed by atoms with Crippen LogP contribution in [0, 0.1) is 13.8 Å². The Balaban J connectivity index is 2.12. The second-order valence-electron chi connectivity index (χ2n) is 4.61. The van der Waals surface area contributed by atoms with Crippen molar-refractivity contribution in [3.63, 3.8) is 0 Å². The number of nitrogens with zero attached hydrogens (tertiary/aromatic N) is 5. The molecule has 0 radical (unpaired) electrons. The molecule has 18 heavy (non-hydrogen) atoms. The van der Waals surface area contributed by atoms with E-state index in [1.165, 1.54) is 12.8 Å². The molecule has 0 saturated heterocycles. The van der Waals surface area contributed by atoms with Crippen LogP contribution in [0.4, 0.5) is 0 Å². The average molecular weight is 241 g/mol. The van der Waals surface area contributed by atoms with Crippen molar-refractivity contribution in [3.05, 3.63) is 35.8 Å². The van der Waals surface area contributed by atoms with Crippen molar-refractivity contribution in [1.82, 2.24) is 24.7 Å². The Morgan fingerprint density at radius 2 is 2.06 bits per heavy atom. The smallest absolute Gasteiger partial charge is 0.159 e. The van der Waals surface area contributed by atoms with Crippen LogP contribution in [0.1, 0.15) is 41.9 Å². The summed E-state index contributed by atoms with van der Waals surface area (Å²) in [4.78, 5) is 13.4. The minimum absolute atomic E-state index is 0.508. The van der Waals surface area contributed by atoms with Crippen LogP contribution in [0.25, 0.3) is 11.9 Å². The first-order chi connectivity index (χ1) is 8.67. The third kappa shape index (κ3) is 1.92. The minimum Gasteiger partial charge on any atom is -0.233 e. The molecule has 3 rings (SSSR count). The number of aryl methyl sites for hydroxylation is 2. The Morgan fingerprint density at radius 1 is 1.28 bits per heavy atom. The second-order valence-corrected chi connectivity index (χ2v) is 4.61. The van der Waals surface area contributed by atoms with Crippen LogP contribution < -0.4 is 0 Å². The van der Waals surface area contributed by atoms with Gasteiger partial charge in [0.25, 0.3) is 0 Å². The highest BCUT2D eigenvalue weighted by Gasteiger charge is 2.27. The van der Waals surface area contributed by atoms with Gasteiger partial charge in [0, 0.05) is 12.0 Å². The van der Waals surface area contributed by atoms with E-state index in [0.29, 0.717) is 5.92 Å². The topological polar surface area (TPSA) is 56.5 Å². The molecule has 0 N–H and O–H groups in total. The largest absolute Gasteiger partial charge is 0.233 e. The van der Waals surface area contributed by atoms with Gasteiger partial charge in [-0.1, -0.05) is 6.58 Å². The maximum Gasteiger partial charge on any atom is 0.159 e. The molecule has 1 fully saturated rings. The van der Waals surface area contributed by atoms with Crippen LogP contribution >= 0.6 is 0 Å². The highest BCUT2D eigenvalue weighted by molar-refractivity contribution is 5.45. The number of rotatable bonds is 3. The zero-order chi connectivity index (χ0) is 12.7. The second kappa shape index (κ2) is 4.01. The monoisotopic (exact) mass is 241 g/mol. The molecule has 2 aromatic rings. The van der Waals surface area contributed by atoms with Crippen LogP contribution in [0.2, 0.25) is 0 Å². The van der Waals surface area contributed by atoms with Crippen LogP contribution in [-0.2, 0) is 0 Å². The minimum atomic E-state index is 0.508. The molecule has 5 heteroatoms. The lowest BCUT2D eigenvalue weighted by Gasteiger charge is -2.06. The zero-order valence-electron chi connectivity index (χ0n) is 10.6. The van der Waals surface area contributed by atoms with E-state index in [-0.39, 0.29) is 0 Å². The number of hydrogen-bond donors (Lipinski definition) is 0. The van der Waals surface area contributed by atoms with Gasteiger partial charge in [-0.3, -0.25) is 0 Å². The zero-order valence-corrected chi connectivity index (χ0v) is 10.6. The van der Waals surface area contributed by atoms with Crippen molar-refractivity contribution in [2.24, 2.45) is 0 Å². The van der Waals surface area contributed by atoms with Crippen molar-refractivity contribution in [2.45, 2.75) is 32.6 Å². The third-order valence-electron chi connectivity index (χ3n) is 2.99. The highest BCUT2D eigenvalue weighted by Crippen LogP contribution is 2.38. The standard InChI is InChI=1S/C13H15N5/c1-4-11-7-12(16-13(15-11)10-5-6-10)18-9(3)14-8(2)17-18/h4,7,10H,1,5-6H2,2-3H3. The van der Waals surface area contributed by atoms with Crippen LogP contribution in [0.3, 0.4) is 0 Å². The molecule has 5 nitrogen and oxygen atoms in total. The van der Waals surface area contributed by atoms with Crippen molar-refractivity contribution in [2.75, 3.05) is 0 Å². The van der Waals surface area contributed by atoms with E-state index in [2.05, 4.69) is 26.6 Å². The Hall–Kier alpha value is -2.04. The molecule has 2 aromatic heterocycles. The number of aromatic nitrogens is 5. The van der Waals surface area contributed by atoms with Gasteiger partial charge in [0.1, 0.15) is 17.5 Å². The van der Waals surface area contributed by atoms with Gasteiger partial charge >= 0.3 is 0 Å². The Morgan fingerprint density at radius 3 is 2.61 bits per heavy atom. The molecule has 2 heterocycles. The van der Waals surface area contributed by atoms with Gasteiger partial charge in [-0.2, -0.15) is 4.68 Å². The Kier molecular flexibility index (Phi) is 2.47. The summed E-state index contributed by atoms with van der Waals surface area (Å²) in [5, 5.41) is 4.36. The Bertz CT molecular complexity index is 610. The lowest BCUT2D eigenvalue weighted by atomic mass is 10.3. The summed E-state index contributed by atoms with van der Waals surface area (Å²) < 4.78 is 1.76. The molecule has 0 spiro atoms. The third-order valence-corrected chi connectivity index (χ3v) is 2.99. The van der Waals surface area contributed by atoms with E-state index < -0.39 is 0 Å². The van der Waals surface area contributed by atoms with E-state index in [9.17, 15) is 0 Å². The fourth-order valence-corrected chi connectivity index (χ4v) is 1.95. The van der Waals surface area contributed by atoms with Gasteiger partial charge in [0.15, 0.2) is 5.82 Å². The molecule has 1 aliphatic carbocycles. The average Bonchev–Trinajstić information content (AvgIpc) is 3.14. The summed E-state index contributed by atoms with van der Waals surface area (Å²) in [6.07, 6.45) is 4.10. The van der Waals surface area contributed by atoms with Crippen LogP contribution in [0.15, 0.2) is 12.6 Å². The van der Waals surface area contributed by atoms with Crippen molar-refractivity contribution in [3.8, 4) is 5.82 Å². The summed E-state index contributed by atoms with van der Waals surface area (Å²) in [7, 11) is 0. The van der Waals surface area contributed by atoms with E-state index in [1.807, 2.05) is 19.9 Å². The molecule has 0 aliphatic heterocycles. The maximum atomic E-state index is 4.59. The van der Waals surface area contributed by atoms with E-state index >= 15 is 0 Å². The summed E-state index contributed by atoms with van der Waals surface area (Å²) in [5.74, 6) is 3.77. The highest BCUT2D eigenvalue weighted by atomic mass is 15.4. The first-order valence-electron chi connectivity index (χ1n) is 6.09.